The molecule has 0 atom stereocenters. The third-order valence-electron chi connectivity index (χ3n) is 7.23. The fourth-order valence-corrected chi connectivity index (χ4v) is 4.93. The van der Waals surface area contributed by atoms with Crippen LogP contribution in [0.2, 0.25) is 0 Å². The monoisotopic (exact) mass is 503 g/mol. The fourth-order valence-electron chi connectivity index (χ4n) is 4.93. The molecule has 0 radical (unpaired) electrons. The van der Waals surface area contributed by atoms with E-state index in [0.717, 1.165) is 61.9 Å². The predicted molar refractivity (Wildman–Crippen MR) is 150 cm³/mol. The van der Waals surface area contributed by atoms with E-state index in [9.17, 15) is 4.79 Å². The van der Waals surface area contributed by atoms with Gasteiger partial charge in [-0.05, 0) is 50.1 Å². The van der Waals surface area contributed by atoms with Gasteiger partial charge in [-0.15, -0.1) is 0 Å². The van der Waals surface area contributed by atoms with E-state index in [1.165, 1.54) is 0 Å². The highest BCUT2D eigenvalue weighted by molar-refractivity contribution is 5.97. The molecule has 0 unspecified atom stereocenters. The quantitative estimate of drug-likeness (QED) is 0.389. The molecule has 1 aliphatic heterocycles. The number of hydrogen-bond donors (Lipinski definition) is 0. The number of piperazine rings is 1. The molecule has 1 aliphatic rings. The lowest BCUT2D eigenvalue weighted by atomic mass is 10.1. The number of methoxy groups -OCH3 is 1. The molecule has 1 saturated heterocycles. The van der Waals surface area contributed by atoms with Crippen molar-refractivity contribution in [1.82, 2.24) is 19.6 Å². The predicted octanol–water partition coefficient (Wildman–Crippen LogP) is 5.02. The van der Waals surface area contributed by atoms with Crippen molar-refractivity contribution in [1.29, 1.82) is 0 Å². The molecule has 198 valence electrons. The molecule has 1 aromatic heterocycles. The summed E-state index contributed by atoms with van der Waals surface area (Å²) in [6.07, 6.45) is 0.928. The van der Waals surface area contributed by atoms with E-state index in [1.54, 1.807) is 7.11 Å². The van der Waals surface area contributed by atoms with E-state index in [0.29, 0.717) is 30.3 Å². The summed E-state index contributed by atoms with van der Waals surface area (Å²) in [5.41, 5.74) is 3.70. The Hall–Kier alpha value is -3.32. The number of hydrogen-bond acceptors (Lipinski definition) is 5. The summed E-state index contributed by atoms with van der Waals surface area (Å²) >= 11 is 0. The molecule has 2 aromatic carbocycles. The van der Waals surface area contributed by atoms with Gasteiger partial charge in [0.2, 0.25) is 0 Å². The van der Waals surface area contributed by atoms with Crippen molar-refractivity contribution in [2.45, 2.75) is 40.7 Å². The van der Waals surface area contributed by atoms with E-state index < -0.39 is 0 Å². The number of anilines is 1. The Balaban J connectivity index is 1.74. The summed E-state index contributed by atoms with van der Waals surface area (Å²) in [5.74, 6) is 2.19. The number of ether oxygens (including phenoxy) is 1. The summed E-state index contributed by atoms with van der Waals surface area (Å²) in [5, 5.41) is 5.01. The largest absolute Gasteiger partial charge is 0.496 e. The number of carbonyl (C=O) groups is 1. The highest BCUT2D eigenvalue weighted by atomic mass is 16.5. The van der Waals surface area contributed by atoms with E-state index in [1.807, 2.05) is 47.4 Å². The van der Waals surface area contributed by atoms with Gasteiger partial charge >= 0.3 is 0 Å². The molecule has 7 nitrogen and oxygen atoms in total. The molecule has 4 rings (SSSR count). The van der Waals surface area contributed by atoms with E-state index in [-0.39, 0.29) is 5.91 Å². The number of likely N-dealkylation sites (N-methyl/N-ethyl adjacent to an activating group) is 1. The van der Waals surface area contributed by atoms with Crippen LogP contribution >= 0.6 is 0 Å². The number of carbonyl (C=O) groups excluding carboxylic acids is 1. The van der Waals surface area contributed by atoms with Crippen molar-refractivity contribution in [2.75, 3.05) is 51.3 Å². The van der Waals surface area contributed by atoms with Gasteiger partial charge in [-0.1, -0.05) is 51.1 Å². The molecule has 1 fully saturated rings. The van der Waals surface area contributed by atoms with Crippen LogP contribution in [0, 0.1) is 12.8 Å². The minimum atomic E-state index is -0.00767. The van der Waals surface area contributed by atoms with Crippen LogP contribution in [-0.4, -0.2) is 71.9 Å². The van der Waals surface area contributed by atoms with Gasteiger partial charge in [-0.25, -0.2) is 4.68 Å². The molecule has 7 heteroatoms. The molecule has 37 heavy (non-hydrogen) atoms. The van der Waals surface area contributed by atoms with Crippen LogP contribution in [0.25, 0.3) is 5.69 Å². The van der Waals surface area contributed by atoms with Crippen LogP contribution < -0.4 is 9.64 Å². The number of amides is 1. The van der Waals surface area contributed by atoms with E-state index in [2.05, 4.69) is 54.3 Å². The van der Waals surface area contributed by atoms with Gasteiger partial charge in [0.05, 0.1) is 30.6 Å². The maximum absolute atomic E-state index is 13.9. The molecule has 1 amide bonds. The molecule has 0 N–H and O–H groups in total. The number of aryl methyl sites for hydroxylation is 1. The Morgan fingerprint density at radius 2 is 1.70 bits per heavy atom. The topological polar surface area (TPSA) is 53.8 Å². The molecule has 0 saturated carbocycles. The van der Waals surface area contributed by atoms with Crippen molar-refractivity contribution in [2.24, 2.45) is 5.92 Å². The number of aromatic nitrogens is 2. The first kappa shape index (κ1) is 26.7. The Bertz CT molecular complexity index is 1170. The lowest BCUT2D eigenvalue weighted by Crippen LogP contribution is -2.47. The zero-order valence-electron chi connectivity index (χ0n) is 23.0. The van der Waals surface area contributed by atoms with Crippen LogP contribution in [0.4, 0.5) is 5.82 Å². The number of nitrogens with zero attached hydrogens (tertiary/aromatic N) is 5. The molecule has 0 aliphatic carbocycles. The first-order chi connectivity index (χ1) is 17.9. The van der Waals surface area contributed by atoms with E-state index in [4.69, 9.17) is 9.84 Å². The zero-order chi connectivity index (χ0) is 26.4. The van der Waals surface area contributed by atoms with Crippen LogP contribution in [0.3, 0.4) is 0 Å². The fraction of sp³-hybridized carbons (Fsp3) is 0.467. The molecule has 0 bridgehead atoms. The third-order valence-corrected chi connectivity index (χ3v) is 7.23. The van der Waals surface area contributed by atoms with Gasteiger partial charge in [-0.3, -0.25) is 4.79 Å². The summed E-state index contributed by atoms with van der Waals surface area (Å²) in [6, 6.07) is 17.8. The minimum absolute atomic E-state index is 0.00767. The third kappa shape index (κ3) is 6.16. The molecule has 2 heterocycles. The normalized spacial score (nSPS) is 14.3. The Labute approximate surface area is 221 Å². The van der Waals surface area contributed by atoms with Crippen LogP contribution in [0.15, 0.2) is 54.6 Å². The molecular formula is C30H41N5O2. The average molecular weight is 504 g/mol. The van der Waals surface area contributed by atoms with Crippen molar-refractivity contribution in [3.05, 3.63) is 71.4 Å². The standard InChI is InChI=1S/C30H41N5O2/c1-6-32-18-20-33(21-19-32)29-27(24(4)31-35(29)25-12-8-7-9-13-25)22-34(17-16-23(2)3)30(36)26-14-10-11-15-28(26)37-5/h7-15,23H,6,16-22H2,1-5H3. The minimum Gasteiger partial charge on any atom is -0.496 e. The van der Waals surface area contributed by atoms with Gasteiger partial charge in [0.1, 0.15) is 11.6 Å². The SMILES string of the molecule is CCN1CCN(c2c(CN(CCC(C)C)C(=O)c3ccccc3OC)c(C)nn2-c2ccccc2)CC1. The summed E-state index contributed by atoms with van der Waals surface area (Å²) in [4.78, 5) is 20.8. The summed E-state index contributed by atoms with van der Waals surface area (Å²) in [7, 11) is 1.62. The number of para-hydroxylation sites is 2. The second kappa shape index (κ2) is 12.3. The van der Waals surface area contributed by atoms with Crippen molar-refractivity contribution < 1.29 is 9.53 Å². The van der Waals surface area contributed by atoms with Crippen LogP contribution in [0.1, 0.15) is 48.8 Å². The lowest BCUT2D eigenvalue weighted by molar-refractivity contribution is 0.0732. The molecule has 0 spiro atoms. The molecular weight excluding hydrogens is 462 g/mol. The average Bonchev–Trinajstić information content (AvgIpc) is 3.26. The Morgan fingerprint density at radius 3 is 2.35 bits per heavy atom. The second-order valence-corrected chi connectivity index (χ2v) is 10.2. The van der Waals surface area contributed by atoms with Gasteiger partial charge in [0, 0.05) is 38.3 Å². The van der Waals surface area contributed by atoms with E-state index >= 15 is 0 Å². The van der Waals surface area contributed by atoms with Crippen LogP contribution in [-0.2, 0) is 6.54 Å². The lowest BCUT2D eigenvalue weighted by Gasteiger charge is -2.36. The summed E-state index contributed by atoms with van der Waals surface area (Å²) in [6.45, 7) is 14.8. The second-order valence-electron chi connectivity index (χ2n) is 10.2. The Morgan fingerprint density at radius 1 is 1.03 bits per heavy atom. The highest BCUT2D eigenvalue weighted by Crippen LogP contribution is 2.31. The van der Waals surface area contributed by atoms with Gasteiger partial charge in [-0.2, -0.15) is 5.10 Å². The van der Waals surface area contributed by atoms with Crippen molar-refractivity contribution >= 4 is 11.7 Å². The van der Waals surface area contributed by atoms with Crippen molar-refractivity contribution in [3.8, 4) is 11.4 Å². The van der Waals surface area contributed by atoms with Gasteiger partial charge < -0.3 is 19.4 Å². The maximum atomic E-state index is 13.9. The zero-order valence-corrected chi connectivity index (χ0v) is 23.0. The maximum Gasteiger partial charge on any atom is 0.257 e. The highest BCUT2D eigenvalue weighted by Gasteiger charge is 2.28. The first-order valence-corrected chi connectivity index (χ1v) is 13.5. The van der Waals surface area contributed by atoms with Gasteiger partial charge in [0.25, 0.3) is 5.91 Å². The molecule has 3 aromatic rings. The smallest absolute Gasteiger partial charge is 0.257 e. The Kier molecular flexibility index (Phi) is 8.87. The number of benzene rings is 2. The number of rotatable bonds is 10. The first-order valence-electron chi connectivity index (χ1n) is 13.5. The van der Waals surface area contributed by atoms with Crippen molar-refractivity contribution in [3.63, 3.8) is 0 Å². The summed E-state index contributed by atoms with van der Waals surface area (Å²) < 4.78 is 7.61. The van der Waals surface area contributed by atoms with Gasteiger partial charge in [0.15, 0.2) is 0 Å². The van der Waals surface area contributed by atoms with Crippen LogP contribution in [0.5, 0.6) is 5.75 Å².